The quantitative estimate of drug-likeness (QED) is 0.833. The third-order valence-corrected chi connectivity index (χ3v) is 3.66. The Morgan fingerprint density at radius 3 is 2.53 bits per heavy atom. The van der Waals surface area contributed by atoms with Crippen molar-refractivity contribution in [2.45, 2.75) is 19.8 Å². The van der Waals surface area contributed by atoms with E-state index in [0.717, 1.165) is 38.3 Å². The van der Waals surface area contributed by atoms with Crippen molar-refractivity contribution in [1.29, 1.82) is 0 Å². The number of carbonyl (C=O) groups excluding carboxylic acids is 1. The number of nitrogen functional groups attached to an aromatic ring is 1. The van der Waals surface area contributed by atoms with E-state index >= 15 is 0 Å². The zero-order valence-corrected chi connectivity index (χ0v) is 11.6. The molecule has 1 aliphatic heterocycles. The van der Waals surface area contributed by atoms with Crippen LogP contribution in [0.2, 0.25) is 0 Å². The van der Waals surface area contributed by atoms with Crippen LogP contribution in [0, 0.1) is 0 Å². The van der Waals surface area contributed by atoms with E-state index in [2.05, 4.69) is 11.8 Å². The van der Waals surface area contributed by atoms with Crippen LogP contribution in [-0.4, -0.2) is 48.4 Å². The van der Waals surface area contributed by atoms with Gasteiger partial charge in [0, 0.05) is 31.9 Å². The number of nitrogens with two attached hydrogens (primary N) is 1. The van der Waals surface area contributed by atoms with Gasteiger partial charge in [0.05, 0.1) is 6.42 Å². The molecule has 4 heteroatoms. The van der Waals surface area contributed by atoms with E-state index in [4.69, 9.17) is 5.73 Å². The lowest BCUT2D eigenvalue weighted by atomic mass is 10.1. The van der Waals surface area contributed by atoms with Crippen LogP contribution in [-0.2, 0) is 11.2 Å². The van der Waals surface area contributed by atoms with Crippen LogP contribution < -0.4 is 5.73 Å². The standard InChI is InChI=1S/C15H23N3O/c1-2-7-17-8-10-18(11-9-17)15(19)12-13-5-3-4-6-14(13)16/h3-6H,2,7-12,16H2,1H3. The molecule has 19 heavy (non-hydrogen) atoms. The van der Waals surface area contributed by atoms with Crippen LogP contribution in [0.3, 0.4) is 0 Å². The molecule has 1 aromatic carbocycles. The van der Waals surface area contributed by atoms with E-state index < -0.39 is 0 Å². The van der Waals surface area contributed by atoms with Gasteiger partial charge in [-0.15, -0.1) is 0 Å². The SMILES string of the molecule is CCCN1CCN(C(=O)Cc2ccccc2N)CC1. The van der Waals surface area contributed by atoms with Crippen molar-refractivity contribution in [2.24, 2.45) is 0 Å². The van der Waals surface area contributed by atoms with Crippen LogP contribution in [0.5, 0.6) is 0 Å². The maximum Gasteiger partial charge on any atom is 0.227 e. The number of anilines is 1. The molecule has 4 nitrogen and oxygen atoms in total. The van der Waals surface area contributed by atoms with Crippen molar-refractivity contribution in [2.75, 3.05) is 38.5 Å². The van der Waals surface area contributed by atoms with Crippen molar-refractivity contribution < 1.29 is 4.79 Å². The van der Waals surface area contributed by atoms with E-state index in [0.29, 0.717) is 12.1 Å². The number of amides is 1. The molecule has 0 aromatic heterocycles. The predicted molar refractivity (Wildman–Crippen MR) is 77.9 cm³/mol. The average Bonchev–Trinajstić information content (AvgIpc) is 2.42. The predicted octanol–water partition coefficient (Wildman–Crippen LogP) is 1.37. The Bertz CT molecular complexity index is 425. The highest BCUT2D eigenvalue weighted by atomic mass is 16.2. The molecule has 1 saturated heterocycles. The smallest absolute Gasteiger partial charge is 0.227 e. The van der Waals surface area contributed by atoms with Gasteiger partial charge in [0.2, 0.25) is 5.91 Å². The fraction of sp³-hybridized carbons (Fsp3) is 0.533. The van der Waals surface area contributed by atoms with Gasteiger partial charge in [0.1, 0.15) is 0 Å². The summed E-state index contributed by atoms with van der Waals surface area (Å²) in [5.41, 5.74) is 7.52. The first kappa shape index (κ1) is 13.9. The molecule has 1 aliphatic rings. The minimum absolute atomic E-state index is 0.189. The number of para-hydroxylation sites is 1. The van der Waals surface area contributed by atoms with Crippen LogP contribution >= 0.6 is 0 Å². The van der Waals surface area contributed by atoms with Crippen molar-refractivity contribution in [1.82, 2.24) is 9.80 Å². The first-order valence-corrected chi connectivity index (χ1v) is 7.04. The Hall–Kier alpha value is -1.55. The molecule has 0 aliphatic carbocycles. The molecule has 1 amide bonds. The van der Waals surface area contributed by atoms with Crippen molar-refractivity contribution in [3.8, 4) is 0 Å². The van der Waals surface area contributed by atoms with Gasteiger partial charge in [-0.2, -0.15) is 0 Å². The van der Waals surface area contributed by atoms with E-state index in [-0.39, 0.29) is 5.91 Å². The molecular formula is C15H23N3O. The highest BCUT2D eigenvalue weighted by Gasteiger charge is 2.20. The maximum atomic E-state index is 12.2. The molecular weight excluding hydrogens is 238 g/mol. The molecule has 1 aromatic rings. The second-order valence-corrected chi connectivity index (χ2v) is 5.10. The van der Waals surface area contributed by atoms with Crippen LogP contribution in [0.25, 0.3) is 0 Å². The molecule has 1 heterocycles. The summed E-state index contributed by atoms with van der Waals surface area (Å²) in [4.78, 5) is 16.6. The molecule has 0 radical (unpaired) electrons. The summed E-state index contributed by atoms with van der Waals surface area (Å²) in [5.74, 6) is 0.189. The lowest BCUT2D eigenvalue weighted by Crippen LogP contribution is -2.49. The van der Waals surface area contributed by atoms with Crippen LogP contribution in [0.15, 0.2) is 24.3 Å². The molecule has 0 spiro atoms. The molecule has 0 saturated carbocycles. The van der Waals surface area contributed by atoms with Crippen molar-refractivity contribution in [3.05, 3.63) is 29.8 Å². The molecule has 104 valence electrons. The highest BCUT2D eigenvalue weighted by molar-refractivity contribution is 5.80. The summed E-state index contributed by atoms with van der Waals surface area (Å²) in [6.45, 7) is 6.98. The Morgan fingerprint density at radius 2 is 1.89 bits per heavy atom. The minimum atomic E-state index is 0.189. The van der Waals surface area contributed by atoms with Gasteiger partial charge >= 0.3 is 0 Å². The van der Waals surface area contributed by atoms with E-state index in [9.17, 15) is 4.79 Å². The lowest BCUT2D eigenvalue weighted by molar-refractivity contribution is -0.132. The average molecular weight is 261 g/mol. The van der Waals surface area contributed by atoms with Crippen LogP contribution in [0.1, 0.15) is 18.9 Å². The molecule has 0 bridgehead atoms. The van der Waals surface area contributed by atoms with Crippen LogP contribution in [0.4, 0.5) is 5.69 Å². The summed E-state index contributed by atoms with van der Waals surface area (Å²) in [7, 11) is 0. The Labute approximate surface area is 115 Å². The fourth-order valence-corrected chi connectivity index (χ4v) is 2.51. The number of benzene rings is 1. The Morgan fingerprint density at radius 1 is 1.21 bits per heavy atom. The minimum Gasteiger partial charge on any atom is -0.398 e. The van der Waals surface area contributed by atoms with Crippen molar-refractivity contribution in [3.63, 3.8) is 0 Å². The normalized spacial score (nSPS) is 16.6. The third-order valence-electron chi connectivity index (χ3n) is 3.66. The van der Waals surface area contributed by atoms with Gasteiger partial charge < -0.3 is 10.6 Å². The molecule has 0 atom stereocenters. The van der Waals surface area contributed by atoms with Gasteiger partial charge in [0.15, 0.2) is 0 Å². The number of carbonyl (C=O) groups is 1. The first-order chi connectivity index (χ1) is 9.20. The molecule has 2 N–H and O–H groups in total. The molecule has 0 unspecified atom stereocenters. The molecule has 1 fully saturated rings. The zero-order valence-electron chi connectivity index (χ0n) is 11.6. The van der Waals surface area contributed by atoms with Gasteiger partial charge in [-0.05, 0) is 24.6 Å². The summed E-state index contributed by atoms with van der Waals surface area (Å²) < 4.78 is 0. The summed E-state index contributed by atoms with van der Waals surface area (Å²) in [6, 6.07) is 7.60. The summed E-state index contributed by atoms with van der Waals surface area (Å²) in [5, 5.41) is 0. The lowest BCUT2D eigenvalue weighted by Gasteiger charge is -2.34. The monoisotopic (exact) mass is 261 g/mol. The summed E-state index contributed by atoms with van der Waals surface area (Å²) >= 11 is 0. The Balaban J connectivity index is 1.87. The highest BCUT2D eigenvalue weighted by Crippen LogP contribution is 2.13. The topological polar surface area (TPSA) is 49.6 Å². The van der Waals surface area contributed by atoms with E-state index in [1.807, 2.05) is 29.2 Å². The number of piperazine rings is 1. The first-order valence-electron chi connectivity index (χ1n) is 7.04. The van der Waals surface area contributed by atoms with E-state index in [1.165, 1.54) is 6.42 Å². The second-order valence-electron chi connectivity index (χ2n) is 5.10. The fourth-order valence-electron chi connectivity index (χ4n) is 2.51. The number of nitrogens with zero attached hydrogens (tertiary/aromatic N) is 2. The third kappa shape index (κ3) is 3.70. The van der Waals surface area contributed by atoms with Gasteiger partial charge in [-0.25, -0.2) is 0 Å². The maximum absolute atomic E-state index is 12.2. The summed E-state index contributed by atoms with van der Waals surface area (Å²) in [6.07, 6.45) is 1.59. The molecule has 2 rings (SSSR count). The Kier molecular flexibility index (Phi) is 4.80. The van der Waals surface area contributed by atoms with E-state index in [1.54, 1.807) is 0 Å². The number of hydrogen-bond donors (Lipinski definition) is 1. The van der Waals surface area contributed by atoms with Gasteiger partial charge in [-0.1, -0.05) is 25.1 Å². The number of hydrogen-bond acceptors (Lipinski definition) is 3. The zero-order chi connectivity index (χ0) is 13.7. The number of rotatable bonds is 4. The van der Waals surface area contributed by atoms with Gasteiger partial charge in [0.25, 0.3) is 0 Å². The van der Waals surface area contributed by atoms with Gasteiger partial charge in [-0.3, -0.25) is 9.69 Å². The van der Waals surface area contributed by atoms with Crippen molar-refractivity contribution >= 4 is 11.6 Å². The largest absolute Gasteiger partial charge is 0.398 e. The second kappa shape index (κ2) is 6.57.